The maximum atomic E-state index is 14.6. The number of halogens is 2. The van der Waals surface area contributed by atoms with Crippen LogP contribution in [0.5, 0.6) is 5.75 Å². The fraction of sp³-hybridized carbons (Fsp3) is 0.375. The zero-order valence-electron chi connectivity index (χ0n) is 23.5. The Morgan fingerprint density at radius 3 is 2.44 bits per heavy atom. The van der Waals surface area contributed by atoms with Crippen LogP contribution in [0.4, 0.5) is 9.18 Å². The van der Waals surface area contributed by atoms with Crippen molar-refractivity contribution in [2.75, 3.05) is 19.6 Å². The number of hydrogen-bond donors (Lipinski definition) is 1. The van der Waals surface area contributed by atoms with Gasteiger partial charge in [0.25, 0.3) is 0 Å². The summed E-state index contributed by atoms with van der Waals surface area (Å²) in [7, 11) is -3.94. The van der Waals surface area contributed by atoms with Crippen LogP contribution in [0.3, 0.4) is 0 Å². The van der Waals surface area contributed by atoms with Crippen molar-refractivity contribution in [3.8, 4) is 5.75 Å². The summed E-state index contributed by atoms with van der Waals surface area (Å²) in [6.07, 6.45) is 2.26. The highest BCUT2D eigenvalue weighted by Crippen LogP contribution is 2.53. The molecule has 3 aromatic carbocycles. The third-order valence-corrected chi connectivity index (χ3v) is 12.2. The number of carbonyl (C=O) groups is 2. The Labute approximate surface area is 255 Å². The Bertz CT molecular complexity index is 1640. The number of amides is 3. The highest BCUT2D eigenvalue weighted by atomic mass is 35.5. The monoisotopic (exact) mass is 625 g/mol. The summed E-state index contributed by atoms with van der Waals surface area (Å²) < 4.78 is 48.1. The minimum absolute atomic E-state index is 0.0653. The molecule has 2 atom stereocenters. The molecule has 0 unspecified atom stereocenters. The van der Waals surface area contributed by atoms with Gasteiger partial charge in [0.15, 0.2) is 9.84 Å². The van der Waals surface area contributed by atoms with Gasteiger partial charge in [-0.15, -0.1) is 0 Å². The SMILES string of the molecule is NC(=O)N1CCC(C(=O)N2CC[C@@]3(S(=O)(=O)c4ccccc4)c4ccc(OCc5c(F)cccc5Cl)cc4CC[C@@H]23)CC1. The zero-order valence-corrected chi connectivity index (χ0v) is 25.1. The minimum Gasteiger partial charge on any atom is -0.489 e. The molecule has 2 saturated heterocycles. The minimum atomic E-state index is -3.94. The van der Waals surface area contributed by atoms with Gasteiger partial charge in [-0.2, -0.15) is 0 Å². The number of rotatable bonds is 6. The Morgan fingerprint density at radius 1 is 1.00 bits per heavy atom. The molecule has 11 heteroatoms. The number of fused-ring (bicyclic) bond motifs is 3. The molecule has 0 spiro atoms. The lowest BCUT2D eigenvalue weighted by Crippen LogP contribution is -2.54. The van der Waals surface area contributed by atoms with Crippen LogP contribution in [0, 0.1) is 11.7 Å². The van der Waals surface area contributed by atoms with Crippen LogP contribution in [0.15, 0.2) is 71.6 Å². The smallest absolute Gasteiger partial charge is 0.314 e. The van der Waals surface area contributed by atoms with Gasteiger partial charge in [-0.25, -0.2) is 17.6 Å². The molecule has 0 radical (unpaired) electrons. The van der Waals surface area contributed by atoms with Gasteiger partial charge in [-0.3, -0.25) is 4.79 Å². The lowest BCUT2D eigenvalue weighted by Gasteiger charge is -2.43. The second-order valence-electron chi connectivity index (χ2n) is 11.4. The molecular weight excluding hydrogens is 593 g/mol. The predicted molar refractivity (Wildman–Crippen MR) is 160 cm³/mol. The van der Waals surface area contributed by atoms with E-state index in [1.807, 2.05) is 6.07 Å². The maximum absolute atomic E-state index is 14.6. The van der Waals surface area contributed by atoms with Crippen molar-refractivity contribution >= 4 is 33.4 Å². The van der Waals surface area contributed by atoms with E-state index in [4.69, 9.17) is 22.1 Å². The number of aryl methyl sites for hydroxylation is 1. The Hall–Kier alpha value is -3.63. The van der Waals surface area contributed by atoms with Crippen molar-refractivity contribution in [3.63, 3.8) is 0 Å². The number of likely N-dealkylation sites (tertiary alicyclic amines) is 2. The van der Waals surface area contributed by atoms with E-state index in [2.05, 4.69) is 0 Å². The molecule has 226 valence electrons. The van der Waals surface area contributed by atoms with E-state index in [-0.39, 0.29) is 40.3 Å². The molecule has 3 amide bonds. The Morgan fingerprint density at radius 2 is 1.74 bits per heavy atom. The number of benzene rings is 3. The van der Waals surface area contributed by atoms with Gasteiger partial charge in [0.2, 0.25) is 5.91 Å². The van der Waals surface area contributed by atoms with Crippen molar-refractivity contribution in [1.29, 1.82) is 0 Å². The van der Waals surface area contributed by atoms with Crippen LogP contribution in [0.25, 0.3) is 0 Å². The van der Waals surface area contributed by atoms with E-state index in [0.717, 1.165) is 5.56 Å². The van der Waals surface area contributed by atoms with E-state index >= 15 is 0 Å². The number of urea groups is 1. The highest BCUT2D eigenvalue weighted by Gasteiger charge is 2.61. The van der Waals surface area contributed by atoms with Gasteiger partial charge in [0, 0.05) is 31.1 Å². The van der Waals surface area contributed by atoms with Crippen LogP contribution < -0.4 is 10.5 Å². The molecule has 43 heavy (non-hydrogen) atoms. The number of nitrogens with two attached hydrogens (primary N) is 1. The standard InChI is InChI=1S/C32H33ClFN3O5S/c33-27-7-4-8-28(34)25(27)20-42-23-10-11-26-22(19-23)9-12-29-32(26,43(40,41)24-5-2-1-3-6-24)15-18-37(29)30(38)21-13-16-36(17-14-21)31(35)39/h1-8,10-11,19,21,29H,9,12-18,20H2,(H2,35,39)/t29-,32-/m1/s1. The largest absolute Gasteiger partial charge is 0.489 e. The summed E-state index contributed by atoms with van der Waals surface area (Å²) in [5.74, 6) is -0.342. The van der Waals surface area contributed by atoms with Crippen LogP contribution >= 0.6 is 11.6 Å². The average Bonchev–Trinajstić information content (AvgIpc) is 3.42. The zero-order chi connectivity index (χ0) is 30.4. The molecule has 3 aliphatic rings. The first-order valence-corrected chi connectivity index (χ1v) is 16.3. The molecule has 2 heterocycles. The molecule has 8 nitrogen and oxygen atoms in total. The fourth-order valence-corrected chi connectivity index (χ4v) is 9.68. The average molecular weight is 626 g/mol. The molecule has 3 aromatic rings. The van der Waals surface area contributed by atoms with E-state index in [0.29, 0.717) is 56.6 Å². The normalized spacial score (nSPS) is 22.1. The van der Waals surface area contributed by atoms with Gasteiger partial charge in [-0.05, 0) is 79.6 Å². The van der Waals surface area contributed by atoms with Crippen molar-refractivity contribution < 1.29 is 27.1 Å². The number of ether oxygens (including phenoxy) is 1. The summed E-state index contributed by atoms with van der Waals surface area (Å²) in [5, 5.41) is 0.268. The summed E-state index contributed by atoms with van der Waals surface area (Å²) in [5.41, 5.74) is 7.18. The molecule has 1 aliphatic carbocycles. The molecule has 2 aliphatic heterocycles. The first-order chi connectivity index (χ1) is 20.6. The Kier molecular flexibility index (Phi) is 7.85. The third-order valence-electron chi connectivity index (χ3n) is 9.28. The van der Waals surface area contributed by atoms with E-state index in [1.165, 1.54) is 17.0 Å². The number of primary amides is 1. The number of nitrogens with zero attached hydrogens (tertiary/aromatic N) is 2. The maximum Gasteiger partial charge on any atom is 0.314 e. The van der Waals surface area contributed by atoms with Crippen molar-refractivity contribution in [3.05, 3.63) is 94.3 Å². The van der Waals surface area contributed by atoms with Crippen LogP contribution in [-0.4, -0.2) is 55.8 Å². The van der Waals surface area contributed by atoms with Crippen LogP contribution in [-0.2, 0) is 32.4 Å². The van der Waals surface area contributed by atoms with Crippen molar-refractivity contribution in [1.82, 2.24) is 9.80 Å². The summed E-state index contributed by atoms with van der Waals surface area (Å²) in [4.78, 5) is 29.0. The number of hydrogen-bond acceptors (Lipinski definition) is 5. The molecule has 0 aromatic heterocycles. The van der Waals surface area contributed by atoms with E-state index < -0.39 is 32.5 Å². The summed E-state index contributed by atoms with van der Waals surface area (Å²) >= 11 is 6.17. The fourth-order valence-electron chi connectivity index (χ4n) is 7.07. The van der Waals surface area contributed by atoms with Gasteiger partial charge >= 0.3 is 6.03 Å². The van der Waals surface area contributed by atoms with Crippen LogP contribution in [0.1, 0.15) is 42.4 Å². The van der Waals surface area contributed by atoms with Crippen molar-refractivity contribution in [2.24, 2.45) is 11.7 Å². The summed E-state index contributed by atoms with van der Waals surface area (Å²) in [6.45, 7) is 1.05. The molecule has 2 fully saturated rings. The molecule has 2 N–H and O–H groups in total. The molecule has 0 bridgehead atoms. The number of carbonyl (C=O) groups excluding carboxylic acids is 2. The second-order valence-corrected chi connectivity index (χ2v) is 14.1. The lowest BCUT2D eigenvalue weighted by atomic mass is 9.78. The van der Waals surface area contributed by atoms with Gasteiger partial charge in [0.1, 0.15) is 22.9 Å². The summed E-state index contributed by atoms with van der Waals surface area (Å²) in [6, 6.07) is 17.1. The third kappa shape index (κ3) is 5.04. The van der Waals surface area contributed by atoms with Crippen molar-refractivity contribution in [2.45, 2.75) is 54.4 Å². The predicted octanol–water partition coefficient (Wildman–Crippen LogP) is 5.07. The highest BCUT2D eigenvalue weighted by molar-refractivity contribution is 7.92. The lowest BCUT2D eigenvalue weighted by molar-refractivity contribution is -0.138. The van der Waals surface area contributed by atoms with Gasteiger partial charge in [0.05, 0.1) is 16.0 Å². The topological polar surface area (TPSA) is 110 Å². The molecule has 6 rings (SSSR count). The molecule has 0 saturated carbocycles. The van der Waals surface area contributed by atoms with Crippen LogP contribution in [0.2, 0.25) is 5.02 Å². The molecular formula is C32H33ClFN3O5S. The first-order valence-electron chi connectivity index (χ1n) is 14.5. The number of sulfone groups is 1. The second kappa shape index (κ2) is 11.5. The van der Waals surface area contributed by atoms with E-state index in [1.54, 1.807) is 53.4 Å². The van der Waals surface area contributed by atoms with E-state index in [9.17, 15) is 22.4 Å². The Balaban J connectivity index is 1.34. The first kappa shape index (κ1) is 29.4. The quantitative estimate of drug-likeness (QED) is 0.412. The van der Waals surface area contributed by atoms with Gasteiger partial charge < -0.3 is 20.3 Å². The number of piperidine rings is 1. The van der Waals surface area contributed by atoms with Gasteiger partial charge in [-0.1, -0.05) is 41.9 Å².